The van der Waals surface area contributed by atoms with E-state index >= 15 is 0 Å². The topological polar surface area (TPSA) is 84.1 Å². The fourth-order valence-electron chi connectivity index (χ4n) is 3.36. The number of aliphatic hydroxyl groups excluding tert-OH is 1. The predicted octanol–water partition coefficient (Wildman–Crippen LogP) is 1.39. The Kier molecular flexibility index (Phi) is 5.23. The third-order valence-electron chi connectivity index (χ3n) is 4.58. The van der Waals surface area contributed by atoms with Crippen LogP contribution in [0, 0.1) is 18.3 Å². The van der Waals surface area contributed by atoms with Crippen molar-refractivity contribution < 1.29 is 5.11 Å². The number of nitrogens with one attached hydrogen (secondary N) is 1. The number of aromatic amines is 1. The molecule has 2 aromatic rings. The monoisotopic (exact) mass is 342 g/mol. The van der Waals surface area contributed by atoms with Gasteiger partial charge in [0.1, 0.15) is 12.2 Å². The van der Waals surface area contributed by atoms with Crippen LogP contribution in [0.15, 0.2) is 12.1 Å². The van der Waals surface area contributed by atoms with Gasteiger partial charge in [-0.05, 0) is 39.6 Å². The SMILES string of the molecule is Cc1[nH]c(CN2CCCn3nc([C@H](O)CN(C)C)cc3C2)cc1C#N. The summed E-state index contributed by atoms with van der Waals surface area (Å²) >= 11 is 0. The lowest BCUT2D eigenvalue weighted by atomic mass is 10.2. The van der Waals surface area contributed by atoms with Crippen molar-refractivity contribution in [1.82, 2.24) is 24.6 Å². The number of likely N-dealkylation sites (N-methyl/N-ethyl adjacent to an activating group) is 1. The summed E-state index contributed by atoms with van der Waals surface area (Å²) in [6.45, 7) is 5.92. The van der Waals surface area contributed by atoms with Gasteiger partial charge in [0.25, 0.3) is 0 Å². The van der Waals surface area contributed by atoms with Gasteiger partial charge in [-0.25, -0.2) is 0 Å². The van der Waals surface area contributed by atoms with Gasteiger partial charge in [0.15, 0.2) is 0 Å². The molecule has 0 spiro atoms. The fraction of sp³-hybridized carbons (Fsp3) is 0.556. The Morgan fingerprint density at radius 1 is 1.40 bits per heavy atom. The molecule has 0 aromatic carbocycles. The zero-order valence-electron chi connectivity index (χ0n) is 15.2. The first-order chi connectivity index (χ1) is 12.0. The summed E-state index contributed by atoms with van der Waals surface area (Å²) in [5.41, 5.74) is 4.58. The zero-order valence-corrected chi connectivity index (χ0v) is 15.2. The van der Waals surface area contributed by atoms with Gasteiger partial charge < -0.3 is 15.0 Å². The highest BCUT2D eigenvalue weighted by Gasteiger charge is 2.20. The van der Waals surface area contributed by atoms with E-state index in [9.17, 15) is 5.11 Å². The molecule has 3 heterocycles. The summed E-state index contributed by atoms with van der Waals surface area (Å²) in [6.07, 6.45) is 0.454. The minimum Gasteiger partial charge on any atom is -0.385 e. The average molecular weight is 342 g/mol. The van der Waals surface area contributed by atoms with Gasteiger partial charge in [-0.3, -0.25) is 9.58 Å². The van der Waals surface area contributed by atoms with Crippen LogP contribution < -0.4 is 0 Å². The minimum atomic E-state index is -0.563. The number of nitrogens with zero attached hydrogens (tertiary/aromatic N) is 5. The van der Waals surface area contributed by atoms with Crippen LogP contribution >= 0.6 is 0 Å². The van der Waals surface area contributed by atoms with E-state index in [0.717, 1.165) is 55.4 Å². The summed E-state index contributed by atoms with van der Waals surface area (Å²) in [5, 5.41) is 24.0. The molecule has 1 atom stereocenters. The van der Waals surface area contributed by atoms with Gasteiger partial charge in [0.05, 0.1) is 17.0 Å². The number of H-pyrrole nitrogens is 1. The number of fused-ring (bicyclic) bond motifs is 1. The number of aryl methyl sites for hydroxylation is 2. The van der Waals surface area contributed by atoms with E-state index in [1.165, 1.54) is 0 Å². The third-order valence-corrected chi connectivity index (χ3v) is 4.58. The Morgan fingerprint density at radius 2 is 2.20 bits per heavy atom. The lowest BCUT2D eigenvalue weighted by molar-refractivity contribution is 0.133. The molecule has 0 radical (unpaired) electrons. The number of nitriles is 1. The van der Waals surface area contributed by atoms with Crippen molar-refractivity contribution in [3.63, 3.8) is 0 Å². The maximum absolute atomic E-state index is 10.3. The van der Waals surface area contributed by atoms with Crippen LogP contribution in [0.4, 0.5) is 0 Å². The van der Waals surface area contributed by atoms with E-state index in [1.807, 2.05) is 42.7 Å². The highest BCUT2D eigenvalue weighted by molar-refractivity contribution is 5.35. The molecule has 0 amide bonds. The van der Waals surface area contributed by atoms with Crippen LogP contribution in [0.25, 0.3) is 0 Å². The van der Waals surface area contributed by atoms with Crippen LogP contribution in [0.2, 0.25) is 0 Å². The van der Waals surface area contributed by atoms with Crippen molar-refractivity contribution in [2.75, 3.05) is 27.2 Å². The zero-order chi connectivity index (χ0) is 18.0. The Balaban J connectivity index is 1.72. The Labute approximate surface area is 148 Å². The largest absolute Gasteiger partial charge is 0.385 e. The summed E-state index contributed by atoms with van der Waals surface area (Å²) < 4.78 is 2.02. The van der Waals surface area contributed by atoms with Crippen molar-refractivity contribution in [1.29, 1.82) is 5.26 Å². The number of aliphatic hydroxyl groups is 1. The average Bonchev–Trinajstić information content (AvgIpc) is 3.05. The van der Waals surface area contributed by atoms with Gasteiger partial charge >= 0.3 is 0 Å². The minimum absolute atomic E-state index is 0.563. The first-order valence-corrected chi connectivity index (χ1v) is 8.66. The van der Waals surface area contributed by atoms with Gasteiger partial charge in [-0.15, -0.1) is 0 Å². The van der Waals surface area contributed by atoms with E-state index in [2.05, 4.69) is 21.1 Å². The lowest BCUT2D eigenvalue weighted by Crippen LogP contribution is -2.23. The van der Waals surface area contributed by atoms with Crippen LogP contribution in [0.5, 0.6) is 0 Å². The predicted molar refractivity (Wildman–Crippen MR) is 94.7 cm³/mol. The van der Waals surface area contributed by atoms with Crippen molar-refractivity contribution >= 4 is 0 Å². The van der Waals surface area contributed by atoms with Gasteiger partial charge in [0, 0.05) is 44.1 Å². The summed E-state index contributed by atoms with van der Waals surface area (Å²) in [4.78, 5) is 7.62. The Morgan fingerprint density at radius 3 is 2.88 bits per heavy atom. The van der Waals surface area contributed by atoms with Crippen LogP contribution in [0.1, 0.15) is 40.9 Å². The molecule has 134 valence electrons. The molecule has 2 N–H and O–H groups in total. The van der Waals surface area contributed by atoms with E-state index in [-0.39, 0.29) is 0 Å². The molecule has 25 heavy (non-hydrogen) atoms. The first-order valence-electron chi connectivity index (χ1n) is 8.66. The molecule has 7 heteroatoms. The third kappa shape index (κ3) is 4.10. The quantitative estimate of drug-likeness (QED) is 0.858. The summed E-state index contributed by atoms with van der Waals surface area (Å²) in [6, 6.07) is 6.17. The molecule has 1 aliphatic heterocycles. The van der Waals surface area contributed by atoms with E-state index < -0.39 is 6.10 Å². The van der Waals surface area contributed by atoms with Crippen molar-refractivity contribution in [2.24, 2.45) is 0 Å². The van der Waals surface area contributed by atoms with Crippen LogP contribution in [-0.2, 0) is 19.6 Å². The second kappa shape index (κ2) is 7.40. The highest BCUT2D eigenvalue weighted by Crippen LogP contribution is 2.20. The lowest BCUT2D eigenvalue weighted by Gasteiger charge is -2.18. The van der Waals surface area contributed by atoms with Crippen molar-refractivity contribution in [3.8, 4) is 6.07 Å². The molecular weight excluding hydrogens is 316 g/mol. The molecule has 2 aromatic heterocycles. The normalized spacial score (nSPS) is 16.5. The smallest absolute Gasteiger partial charge is 0.110 e. The maximum Gasteiger partial charge on any atom is 0.110 e. The number of hydrogen-bond donors (Lipinski definition) is 2. The molecular formula is C18H26N6O. The molecule has 1 aliphatic rings. The van der Waals surface area contributed by atoms with Gasteiger partial charge in [0.2, 0.25) is 0 Å². The number of rotatable bonds is 5. The molecule has 0 bridgehead atoms. The van der Waals surface area contributed by atoms with Crippen LogP contribution in [0.3, 0.4) is 0 Å². The molecule has 0 saturated heterocycles. The van der Waals surface area contributed by atoms with Crippen LogP contribution in [-0.4, -0.2) is 56.9 Å². The molecule has 0 aliphatic carbocycles. The molecule has 0 fully saturated rings. The van der Waals surface area contributed by atoms with E-state index in [1.54, 1.807) is 0 Å². The molecule has 3 rings (SSSR count). The number of hydrogen-bond acceptors (Lipinski definition) is 5. The van der Waals surface area contributed by atoms with Crippen molar-refractivity contribution in [2.45, 2.75) is 39.1 Å². The van der Waals surface area contributed by atoms with Crippen molar-refractivity contribution in [3.05, 3.63) is 40.5 Å². The molecule has 0 unspecified atom stereocenters. The summed E-state index contributed by atoms with van der Waals surface area (Å²) in [5.74, 6) is 0. The first kappa shape index (κ1) is 17.7. The highest BCUT2D eigenvalue weighted by atomic mass is 16.3. The van der Waals surface area contributed by atoms with E-state index in [4.69, 9.17) is 5.26 Å². The van der Waals surface area contributed by atoms with Gasteiger partial charge in [-0.1, -0.05) is 0 Å². The fourth-order valence-corrected chi connectivity index (χ4v) is 3.36. The standard InChI is InChI=1S/C18H26N6O/c1-13-14(9-19)7-15(20-13)10-23-5-4-6-24-16(11-23)8-17(21-24)18(25)12-22(2)3/h7-8,18,20,25H,4-6,10-12H2,1-3H3/t18-/m1/s1. The molecule has 0 saturated carbocycles. The van der Waals surface area contributed by atoms with Gasteiger partial charge in [-0.2, -0.15) is 10.4 Å². The second-order valence-corrected chi connectivity index (χ2v) is 7.07. The summed E-state index contributed by atoms with van der Waals surface area (Å²) in [7, 11) is 3.89. The Bertz CT molecular complexity index is 769. The second-order valence-electron chi connectivity index (χ2n) is 7.07. The maximum atomic E-state index is 10.3. The van der Waals surface area contributed by atoms with E-state index in [0.29, 0.717) is 12.1 Å². The Hall–Kier alpha value is -2.14. The number of aromatic nitrogens is 3. The molecule has 7 nitrogen and oxygen atoms in total.